The Morgan fingerprint density at radius 1 is 1.50 bits per heavy atom. The van der Waals surface area contributed by atoms with E-state index in [4.69, 9.17) is 21.8 Å². The lowest BCUT2D eigenvalue weighted by atomic mass is 10.0. The van der Waals surface area contributed by atoms with Crippen LogP contribution in [0.1, 0.15) is 22.9 Å². The van der Waals surface area contributed by atoms with E-state index >= 15 is 0 Å². The molecular weight excluding hydrogens is 224 g/mol. The van der Waals surface area contributed by atoms with Crippen molar-refractivity contribution in [1.82, 2.24) is 4.98 Å². The first-order chi connectivity index (χ1) is 7.68. The van der Waals surface area contributed by atoms with Gasteiger partial charge in [0, 0.05) is 12.4 Å². The second kappa shape index (κ2) is 4.68. The number of hydrogen-bond donors (Lipinski definition) is 1. The molecule has 0 aromatic carbocycles. The van der Waals surface area contributed by atoms with Crippen LogP contribution >= 0.6 is 11.6 Å². The second-order valence-electron chi connectivity index (χ2n) is 3.75. The van der Waals surface area contributed by atoms with E-state index in [1.165, 1.54) is 0 Å². The molecule has 2 rings (SSSR count). The van der Waals surface area contributed by atoms with Gasteiger partial charge in [0.25, 0.3) is 0 Å². The Kier molecular flexibility index (Phi) is 3.27. The predicted molar refractivity (Wildman–Crippen MR) is 63.3 cm³/mol. The SMILES string of the molecule is Cc1ccoc1C(N)Cc1ccncc1Cl. The van der Waals surface area contributed by atoms with Crippen LogP contribution in [0, 0.1) is 6.92 Å². The number of furan rings is 1. The van der Waals surface area contributed by atoms with Gasteiger partial charge < -0.3 is 10.2 Å². The molecule has 0 spiro atoms. The molecule has 16 heavy (non-hydrogen) atoms. The van der Waals surface area contributed by atoms with Crippen molar-refractivity contribution in [2.75, 3.05) is 0 Å². The fraction of sp³-hybridized carbons (Fsp3) is 0.250. The summed E-state index contributed by atoms with van der Waals surface area (Å²) in [5.41, 5.74) is 8.12. The first-order valence-corrected chi connectivity index (χ1v) is 5.44. The van der Waals surface area contributed by atoms with Crippen LogP contribution in [0.25, 0.3) is 0 Å². The topological polar surface area (TPSA) is 52.0 Å². The molecule has 2 N–H and O–H groups in total. The van der Waals surface area contributed by atoms with Crippen LogP contribution in [-0.4, -0.2) is 4.98 Å². The lowest BCUT2D eigenvalue weighted by Gasteiger charge is -2.10. The van der Waals surface area contributed by atoms with Gasteiger partial charge in [0.15, 0.2) is 0 Å². The van der Waals surface area contributed by atoms with E-state index in [9.17, 15) is 0 Å². The highest BCUT2D eigenvalue weighted by Crippen LogP contribution is 2.23. The minimum absolute atomic E-state index is 0.171. The normalized spacial score (nSPS) is 12.7. The van der Waals surface area contributed by atoms with Gasteiger partial charge in [0.2, 0.25) is 0 Å². The van der Waals surface area contributed by atoms with Gasteiger partial charge in [-0.2, -0.15) is 0 Å². The van der Waals surface area contributed by atoms with Gasteiger partial charge in [-0.15, -0.1) is 0 Å². The van der Waals surface area contributed by atoms with Crippen molar-refractivity contribution in [3.8, 4) is 0 Å². The molecule has 0 aliphatic carbocycles. The van der Waals surface area contributed by atoms with E-state index in [0.29, 0.717) is 11.4 Å². The third-order valence-corrected chi connectivity index (χ3v) is 2.88. The fourth-order valence-corrected chi connectivity index (χ4v) is 1.86. The molecule has 0 amide bonds. The molecule has 4 heteroatoms. The molecular formula is C12H13ClN2O. The Bertz CT molecular complexity index is 481. The van der Waals surface area contributed by atoms with Gasteiger partial charge in [-0.1, -0.05) is 11.6 Å². The summed E-state index contributed by atoms with van der Waals surface area (Å²) in [6.45, 7) is 1.98. The number of nitrogens with zero attached hydrogens (tertiary/aromatic N) is 1. The summed E-state index contributed by atoms with van der Waals surface area (Å²) in [6, 6.07) is 3.61. The molecule has 0 aliphatic heterocycles. The Morgan fingerprint density at radius 2 is 2.31 bits per heavy atom. The first kappa shape index (κ1) is 11.2. The molecule has 3 nitrogen and oxygen atoms in total. The number of nitrogens with two attached hydrogens (primary N) is 1. The van der Waals surface area contributed by atoms with Gasteiger partial charge in [0.05, 0.1) is 17.3 Å². The van der Waals surface area contributed by atoms with Crippen molar-refractivity contribution in [1.29, 1.82) is 0 Å². The Hall–Kier alpha value is -1.32. The standard InChI is InChI=1S/C12H13ClN2O/c1-8-3-5-16-12(8)11(14)6-9-2-4-15-7-10(9)13/h2-5,7,11H,6,14H2,1H3. The van der Waals surface area contributed by atoms with Crippen LogP contribution in [0.15, 0.2) is 35.2 Å². The van der Waals surface area contributed by atoms with E-state index in [-0.39, 0.29) is 6.04 Å². The van der Waals surface area contributed by atoms with Crippen molar-refractivity contribution in [3.05, 3.63) is 52.7 Å². The van der Waals surface area contributed by atoms with E-state index in [2.05, 4.69) is 4.98 Å². The maximum atomic E-state index is 6.07. The van der Waals surface area contributed by atoms with E-state index in [1.807, 2.05) is 19.1 Å². The zero-order valence-corrected chi connectivity index (χ0v) is 9.74. The van der Waals surface area contributed by atoms with Crippen LogP contribution in [-0.2, 0) is 6.42 Å². The summed E-state index contributed by atoms with van der Waals surface area (Å²) < 4.78 is 5.35. The summed E-state index contributed by atoms with van der Waals surface area (Å²) in [7, 11) is 0. The van der Waals surface area contributed by atoms with Gasteiger partial charge >= 0.3 is 0 Å². The number of aromatic nitrogens is 1. The molecule has 1 unspecified atom stereocenters. The van der Waals surface area contributed by atoms with Crippen LogP contribution < -0.4 is 5.73 Å². The summed E-state index contributed by atoms with van der Waals surface area (Å²) >= 11 is 6.02. The third kappa shape index (κ3) is 2.26. The summed E-state index contributed by atoms with van der Waals surface area (Å²) in [6.07, 6.45) is 5.63. The molecule has 2 aromatic heterocycles. The number of halogens is 1. The van der Waals surface area contributed by atoms with Crippen molar-refractivity contribution < 1.29 is 4.42 Å². The summed E-state index contributed by atoms with van der Waals surface area (Å²) in [4.78, 5) is 3.94. The zero-order chi connectivity index (χ0) is 11.5. The molecule has 2 heterocycles. The minimum atomic E-state index is -0.171. The highest BCUT2D eigenvalue weighted by atomic mass is 35.5. The second-order valence-corrected chi connectivity index (χ2v) is 4.15. The lowest BCUT2D eigenvalue weighted by molar-refractivity contribution is 0.461. The van der Waals surface area contributed by atoms with E-state index in [0.717, 1.165) is 16.9 Å². The monoisotopic (exact) mass is 236 g/mol. The third-order valence-electron chi connectivity index (χ3n) is 2.53. The summed E-state index contributed by atoms with van der Waals surface area (Å²) in [5, 5.41) is 0.641. The number of rotatable bonds is 3. The highest BCUT2D eigenvalue weighted by Gasteiger charge is 2.14. The Morgan fingerprint density at radius 3 is 2.94 bits per heavy atom. The number of hydrogen-bond acceptors (Lipinski definition) is 3. The molecule has 0 saturated heterocycles. The molecule has 2 aromatic rings. The van der Waals surface area contributed by atoms with Gasteiger partial charge in [-0.05, 0) is 36.6 Å². The first-order valence-electron chi connectivity index (χ1n) is 5.06. The average molecular weight is 237 g/mol. The fourth-order valence-electron chi connectivity index (χ4n) is 1.66. The maximum Gasteiger partial charge on any atom is 0.123 e. The van der Waals surface area contributed by atoms with Crippen LogP contribution in [0.5, 0.6) is 0 Å². The highest BCUT2D eigenvalue weighted by molar-refractivity contribution is 6.31. The van der Waals surface area contributed by atoms with Gasteiger partial charge in [-0.3, -0.25) is 4.98 Å². The number of pyridine rings is 1. The van der Waals surface area contributed by atoms with Crippen molar-refractivity contribution in [2.45, 2.75) is 19.4 Å². The Labute approximate surface area is 99.2 Å². The van der Waals surface area contributed by atoms with Crippen LogP contribution in [0.3, 0.4) is 0 Å². The largest absolute Gasteiger partial charge is 0.467 e. The average Bonchev–Trinajstić information content (AvgIpc) is 2.68. The molecule has 0 aliphatic rings. The quantitative estimate of drug-likeness (QED) is 0.892. The van der Waals surface area contributed by atoms with Gasteiger partial charge in [-0.25, -0.2) is 0 Å². The maximum absolute atomic E-state index is 6.07. The predicted octanol–water partition coefficient (Wildman–Crippen LogP) is 2.88. The summed E-state index contributed by atoms with van der Waals surface area (Å²) in [5.74, 6) is 0.813. The number of aryl methyl sites for hydroxylation is 1. The van der Waals surface area contributed by atoms with Crippen LogP contribution in [0.2, 0.25) is 5.02 Å². The van der Waals surface area contributed by atoms with Crippen molar-refractivity contribution >= 4 is 11.6 Å². The minimum Gasteiger partial charge on any atom is -0.467 e. The molecule has 0 saturated carbocycles. The van der Waals surface area contributed by atoms with Crippen molar-refractivity contribution in [2.24, 2.45) is 5.73 Å². The van der Waals surface area contributed by atoms with E-state index < -0.39 is 0 Å². The van der Waals surface area contributed by atoms with Crippen LogP contribution in [0.4, 0.5) is 0 Å². The molecule has 0 bridgehead atoms. The van der Waals surface area contributed by atoms with Crippen molar-refractivity contribution in [3.63, 3.8) is 0 Å². The van der Waals surface area contributed by atoms with E-state index in [1.54, 1.807) is 18.7 Å². The molecule has 84 valence electrons. The Balaban J connectivity index is 2.17. The molecule has 0 fully saturated rings. The zero-order valence-electron chi connectivity index (χ0n) is 8.98. The molecule has 1 atom stereocenters. The lowest BCUT2D eigenvalue weighted by Crippen LogP contribution is -2.13. The smallest absolute Gasteiger partial charge is 0.123 e. The molecule has 0 radical (unpaired) electrons. The van der Waals surface area contributed by atoms with Gasteiger partial charge in [0.1, 0.15) is 5.76 Å².